The molecule has 0 radical (unpaired) electrons. The summed E-state index contributed by atoms with van der Waals surface area (Å²) < 4.78 is 1.45. The summed E-state index contributed by atoms with van der Waals surface area (Å²) in [6.45, 7) is 3.48. The molecule has 15 heavy (non-hydrogen) atoms. The van der Waals surface area contributed by atoms with E-state index in [2.05, 4.69) is 15.9 Å². The standard InChI is InChI=1S/C10H11BrN2O2/c1-3-10(2)12(14)8-6-4-5-7(11)9(8)13(10)15/h4-6H,3H2,1-2H3. The number of nitroso groups, excluding NO2 is 1. The molecule has 0 aromatic heterocycles. The molecule has 4 nitrogen and oxygen atoms in total. The molecule has 0 saturated carbocycles. The Hall–Kier alpha value is -0.940. The summed E-state index contributed by atoms with van der Waals surface area (Å²) in [5, 5.41) is 12.8. The van der Waals surface area contributed by atoms with Crippen molar-refractivity contribution in [1.29, 1.82) is 0 Å². The molecular formula is C10H11BrN2O2. The van der Waals surface area contributed by atoms with Crippen LogP contribution in [0, 0.1) is 10.1 Å². The fourth-order valence-electron chi connectivity index (χ4n) is 1.74. The predicted molar refractivity (Wildman–Crippen MR) is 62.0 cm³/mol. The lowest BCUT2D eigenvalue weighted by Gasteiger charge is -2.32. The van der Waals surface area contributed by atoms with Crippen LogP contribution in [0.4, 0.5) is 11.4 Å². The van der Waals surface area contributed by atoms with E-state index in [1.807, 2.05) is 6.92 Å². The van der Waals surface area contributed by atoms with Crippen LogP contribution in [0.5, 0.6) is 0 Å². The second-order valence-electron chi connectivity index (χ2n) is 3.77. The molecule has 5 heteroatoms. The van der Waals surface area contributed by atoms with E-state index in [-0.39, 0.29) is 0 Å². The smallest absolute Gasteiger partial charge is 0.295 e. The van der Waals surface area contributed by atoms with Gasteiger partial charge < -0.3 is 10.3 Å². The monoisotopic (exact) mass is 270 g/mol. The number of hydrogen-bond acceptors (Lipinski definition) is 3. The quantitative estimate of drug-likeness (QED) is 0.736. The van der Waals surface area contributed by atoms with Crippen LogP contribution in [0.2, 0.25) is 0 Å². The molecule has 1 atom stereocenters. The zero-order valence-corrected chi connectivity index (χ0v) is 10.1. The van der Waals surface area contributed by atoms with Gasteiger partial charge in [-0.25, -0.2) is 0 Å². The zero-order valence-electron chi connectivity index (χ0n) is 8.53. The van der Waals surface area contributed by atoms with E-state index in [1.54, 1.807) is 25.1 Å². The van der Waals surface area contributed by atoms with Crippen LogP contribution in [0.3, 0.4) is 0 Å². The van der Waals surface area contributed by atoms with Crippen LogP contribution < -0.4 is 5.06 Å². The Bertz CT molecular complexity index is 435. The number of hydrogen-bond donors (Lipinski definition) is 0. The van der Waals surface area contributed by atoms with Crippen molar-refractivity contribution in [3.05, 3.63) is 32.8 Å². The maximum atomic E-state index is 12.0. The van der Waals surface area contributed by atoms with Crippen molar-refractivity contribution < 1.29 is 4.76 Å². The van der Waals surface area contributed by atoms with Gasteiger partial charge in [-0.1, -0.05) is 13.0 Å². The summed E-state index contributed by atoms with van der Waals surface area (Å²) in [6.07, 6.45) is 0.473. The summed E-state index contributed by atoms with van der Waals surface area (Å²) in [4.78, 5) is 12.0. The van der Waals surface area contributed by atoms with Gasteiger partial charge in [0, 0.05) is 18.3 Å². The number of halogens is 1. The van der Waals surface area contributed by atoms with Gasteiger partial charge in [0.1, 0.15) is 5.69 Å². The van der Waals surface area contributed by atoms with Gasteiger partial charge in [-0.3, -0.25) is 0 Å². The Balaban J connectivity index is 2.66. The second kappa shape index (κ2) is 3.28. The van der Waals surface area contributed by atoms with Crippen molar-refractivity contribution in [1.82, 2.24) is 0 Å². The van der Waals surface area contributed by atoms with Crippen molar-refractivity contribution in [2.45, 2.75) is 25.9 Å². The van der Waals surface area contributed by atoms with Gasteiger partial charge in [0.05, 0.1) is 9.23 Å². The number of benzene rings is 1. The molecule has 0 amide bonds. The molecule has 0 bridgehead atoms. The van der Waals surface area contributed by atoms with Crippen LogP contribution in [0.1, 0.15) is 20.3 Å². The van der Waals surface area contributed by atoms with Crippen LogP contribution in [0.15, 0.2) is 22.7 Å². The van der Waals surface area contributed by atoms with Gasteiger partial charge in [0.25, 0.3) is 11.4 Å². The molecular weight excluding hydrogens is 260 g/mol. The number of hydroxylamine groups is 1. The zero-order chi connectivity index (χ0) is 11.2. The third kappa shape index (κ3) is 1.23. The van der Waals surface area contributed by atoms with E-state index < -0.39 is 5.66 Å². The second-order valence-corrected chi connectivity index (χ2v) is 4.62. The van der Waals surface area contributed by atoms with E-state index in [4.69, 9.17) is 0 Å². The summed E-state index contributed by atoms with van der Waals surface area (Å²) in [6, 6.07) is 5.18. The molecule has 1 aromatic rings. The number of fused-ring (bicyclic) bond motifs is 1. The van der Waals surface area contributed by atoms with E-state index >= 15 is 0 Å². The number of anilines is 1. The summed E-state index contributed by atoms with van der Waals surface area (Å²) in [5.74, 6) is 0. The first-order chi connectivity index (χ1) is 7.02. The Morgan fingerprint density at radius 1 is 1.60 bits per heavy atom. The molecule has 0 aliphatic carbocycles. The third-order valence-electron chi connectivity index (χ3n) is 2.93. The summed E-state index contributed by atoms with van der Waals surface area (Å²) >= 11 is 3.29. The highest BCUT2D eigenvalue weighted by Crippen LogP contribution is 2.47. The van der Waals surface area contributed by atoms with E-state index in [9.17, 15) is 10.1 Å². The minimum atomic E-state index is -1.02. The van der Waals surface area contributed by atoms with Crippen LogP contribution >= 0.6 is 15.9 Å². The predicted octanol–water partition coefficient (Wildman–Crippen LogP) is 3.30. The maximum absolute atomic E-state index is 12.0. The first-order valence-corrected chi connectivity index (χ1v) is 5.55. The average Bonchev–Trinajstić information content (AvgIpc) is 2.43. The molecule has 0 saturated heterocycles. The normalized spacial score (nSPS) is 24.5. The van der Waals surface area contributed by atoms with Crippen molar-refractivity contribution in [3.8, 4) is 0 Å². The van der Waals surface area contributed by atoms with Crippen molar-refractivity contribution >= 4 is 27.3 Å². The first kappa shape index (κ1) is 10.6. The Morgan fingerprint density at radius 3 is 2.80 bits per heavy atom. The van der Waals surface area contributed by atoms with Crippen molar-refractivity contribution in [2.75, 3.05) is 5.06 Å². The largest absolute Gasteiger partial charge is 0.753 e. The number of rotatable bonds is 1. The van der Waals surface area contributed by atoms with Crippen LogP contribution in [-0.2, 0) is 0 Å². The Morgan fingerprint density at radius 2 is 2.27 bits per heavy atom. The summed E-state index contributed by atoms with van der Waals surface area (Å²) in [7, 11) is 0. The highest BCUT2D eigenvalue weighted by Gasteiger charge is 2.51. The highest BCUT2D eigenvalue weighted by atomic mass is 79.9. The molecule has 1 heterocycles. The Kier molecular flexibility index (Phi) is 2.31. The van der Waals surface area contributed by atoms with Gasteiger partial charge in [-0.15, -0.1) is 0 Å². The SMILES string of the molecule is CCC1(C)N([O-])c2cccc(Br)c2[N+]1=O. The summed E-state index contributed by atoms with van der Waals surface area (Å²) in [5.41, 5.74) is -0.160. The maximum Gasteiger partial charge on any atom is 0.295 e. The fourth-order valence-corrected chi connectivity index (χ4v) is 2.26. The van der Waals surface area contributed by atoms with E-state index in [0.717, 1.165) is 9.82 Å². The molecule has 0 N–H and O–H groups in total. The minimum Gasteiger partial charge on any atom is -0.753 e. The average molecular weight is 271 g/mol. The molecule has 1 aliphatic heterocycles. The molecule has 0 spiro atoms. The molecule has 1 unspecified atom stereocenters. The minimum absolute atomic E-state index is 0.428. The van der Waals surface area contributed by atoms with E-state index in [1.165, 1.54) is 0 Å². The lowest BCUT2D eigenvalue weighted by molar-refractivity contribution is -0.538. The lowest BCUT2D eigenvalue weighted by Crippen LogP contribution is -2.44. The molecule has 0 fully saturated rings. The van der Waals surface area contributed by atoms with Gasteiger partial charge in [-0.05, 0) is 28.1 Å². The highest BCUT2D eigenvalue weighted by molar-refractivity contribution is 9.10. The van der Waals surface area contributed by atoms with Gasteiger partial charge >= 0.3 is 0 Å². The fraction of sp³-hybridized carbons (Fsp3) is 0.400. The third-order valence-corrected chi connectivity index (χ3v) is 3.57. The molecule has 2 rings (SSSR count). The number of nitrogens with zero attached hydrogens (tertiary/aromatic N) is 2. The van der Waals surface area contributed by atoms with Gasteiger partial charge in [0.15, 0.2) is 0 Å². The van der Waals surface area contributed by atoms with Gasteiger partial charge in [0.2, 0.25) is 0 Å². The van der Waals surface area contributed by atoms with Crippen LogP contribution in [0.25, 0.3) is 0 Å². The Labute approximate surface area is 96.2 Å². The van der Waals surface area contributed by atoms with Gasteiger partial charge in [-0.2, -0.15) is 0 Å². The lowest BCUT2D eigenvalue weighted by atomic mass is 10.1. The first-order valence-electron chi connectivity index (χ1n) is 4.75. The molecule has 1 aromatic carbocycles. The topological polar surface area (TPSA) is 46.4 Å². The van der Waals surface area contributed by atoms with Crippen LogP contribution in [-0.4, -0.2) is 10.4 Å². The molecule has 80 valence electrons. The molecule has 1 aliphatic rings. The van der Waals surface area contributed by atoms with E-state index in [0.29, 0.717) is 22.3 Å². The van der Waals surface area contributed by atoms with Crippen molar-refractivity contribution in [3.63, 3.8) is 0 Å². The number of para-hydroxylation sites is 1. The van der Waals surface area contributed by atoms with Crippen molar-refractivity contribution in [2.24, 2.45) is 0 Å².